The summed E-state index contributed by atoms with van der Waals surface area (Å²) in [7, 11) is -4.21. The van der Waals surface area contributed by atoms with Crippen LogP contribution in [0.25, 0.3) is 0 Å². The number of carbonyl (C=O) groups is 1. The molecule has 0 N–H and O–H groups in total. The van der Waals surface area contributed by atoms with Crippen LogP contribution < -0.4 is 9.04 Å². The molecule has 2 aromatic carbocycles. The van der Waals surface area contributed by atoms with Crippen molar-refractivity contribution in [3.8, 4) is 5.75 Å². The van der Waals surface area contributed by atoms with E-state index in [1.165, 1.54) is 4.31 Å². The molecule has 1 aliphatic carbocycles. The van der Waals surface area contributed by atoms with E-state index in [-0.39, 0.29) is 17.1 Å². The van der Waals surface area contributed by atoms with Gasteiger partial charge >= 0.3 is 0 Å². The highest BCUT2D eigenvalue weighted by Gasteiger charge is 2.36. The van der Waals surface area contributed by atoms with E-state index in [2.05, 4.69) is 26.6 Å². The average Bonchev–Trinajstić information content (AvgIpc) is 3.07. The van der Waals surface area contributed by atoms with E-state index >= 15 is 0 Å². The normalized spacial score (nSPS) is 15.9. The molecule has 0 aromatic heterocycles. The van der Waals surface area contributed by atoms with Crippen molar-refractivity contribution < 1.29 is 17.9 Å². The molecule has 0 saturated carbocycles. The van der Waals surface area contributed by atoms with Gasteiger partial charge in [-0.3, -0.25) is 4.79 Å². The van der Waals surface area contributed by atoms with E-state index in [9.17, 15) is 13.2 Å². The van der Waals surface area contributed by atoms with Crippen LogP contribution in [0.3, 0.4) is 0 Å². The lowest BCUT2D eigenvalue weighted by atomic mass is 10.1. The number of ether oxygens (including phenoxy) is 1. The summed E-state index contributed by atoms with van der Waals surface area (Å²) >= 11 is 0. The molecule has 0 spiro atoms. The number of ketones is 1. The predicted molar refractivity (Wildman–Crippen MR) is 137 cm³/mol. The highest BCUT2D eigenvalue weighted by atomic mass is 32.2. The summed E-state index contributed by atoms with van der Waals surface area (Å²) in [5, 5.41) is 0.943. The number of sulfonamides is 1. The predicted octanol–water partition coefficient (Wildman–Crippen LogP) is 6.03. The smallest absolute Gasteiger partial charge is 0.268 e. The summed E-state index contributed by atoms with van der Waals surface area (Å²) in [5.41, 5.74) is 3.30. The Labute approximate surface area is 198 Å². The number of allylic oxidation sites excluding steroid dienone is 3. The molecule has 2 aromatic rings. The number of carbonyl (C=O) groups excluding carboxylic acids is 1. The lowest BCUT2D eigenvalue weighted by molar-refractivity contribution is -0.114. The van der Waals surface area contributed by atoms with Crippen molar-refractivity contribution in [2.24, 2.45) is 0 Å². The van der Waals surface area contributed by atoms with Gasteiger partial charge < -0.3 is 4.74 Å². The maximum Gasteiger partial charge on any atom is 0.268 e. The Bertz CT molecular complexity index is 1190. The minimum absolute atomic E-state index is 0.131. The van der Waals surface area contributed by atoms with Crippen molar-refractivity contribution in [3.05, 3.63) is 76.6 Å². The maximum atomic E-state index is 13.8. The van der Waals surface area contributed by atoms with Gasteiger partial charge in [0.25, 0.3) is 10.0 Å². The summed E-state index contributed by atoms with van der Waals surface area (Å²) < 4.78 is 34.1. The number of aryl methyl sites for hydroxylation is 1. The Morgan fingerprint density at radius 3 is 2.15 bits per heavy atom. The van der Waals surface area contributed by atoms with Crippen LogP contribution in [-0.4, -0.2) is 29.4 Å². The largest absolute Gasteiger partial charge is 0.497 e. The van der Waals surface area contributed by atoms with Gasteiger partial charge in [-0.1, -0.05) is 50.7 Å². The number of hydrogen-bond donors (Lipinski definition) is 0. The van der Waals surface area contributed by atoms with Gasteiger partial charge in [0, 0.05) is 12.6 Å². The van der Waals surface area contributed by atoms with Crippen LogP contribution in [0.15, 0.2) is 76.0 Å². The minimum atomic E-state index is -3.89. The second kappa shape index (κ2) is 9.69. The van der Waals surface area contributed by atoms with E-state index in [1.807, 2.05) is 6.92 Å². The van der Waals surface area contributed by atoms with E-state index in [0.717, 1.165) is 34.7 Å². The molecule has 0 aliphatic heterocycles. The second-order valence-corrected chi connectivity index (χ2v) is 16.2. The summed E-state index contributed by atoms with van der Waals surface area (Å²) in [6.45, 7) is 10.5. The van der Waals surface area contributed by atoms with Crippen molar-refractivity contribution >= 4 is 29.6 Å². The molecule has 0 bridgehead atoms. The molecular formula is C26H33NO4SSi. The van der Waals surface area contributed by atoms with Crippen LogP contribution in [-0.2, 0) is 14.8 Å². The molecular weight excluding hydrogens is 450 g/mol. The Kier molecular flexibility index (Phi) is 7.34. The van der Waals surface area contributed by atoms with Crippen LogP contribution in [0.5, 0.6) is 5.75 Å². The van der Waals surface area contributed by atoms with Gasteiger partial charge in [-0.2, -0.15) is 0 Å². The molecule has 0 saturated heterocycles. The number of methoxy groups -OCH3 is 1. The second-order valence-electron chi connectivity index (χ2n) is 9.42. The molecule has 3 rings (SSSR count). The minimum Gasteiger partial charge on any atom is -0.497 e. The number of anilines is 1. The summed E-state index contributed by atoms with van der Waals surface area (Å²) in [4.78, 5) is 13.2. The van der Waals surface area contributed by atoms with Crippen molar-refractivity contribution in [1.82, 2.24) is 0 Å². The van der Waals surface area contributed by atoms with Crippen molar-refractivity contribution in [1.29, 1.82) is 0 Å². The quantitative estimate of drug-likeness (QED) is 0.430. The molecule has 5 nitrogen and oxygen atoms in total. The Hall–Kier alpha value is -2.64. The molecule has 0 amide bonds. The van der Waals surface area contributed by atoms with E-state index in [1.54, 1.807) is 61.8 Å². The Morgan fingerprint density at radius 2 is 1.64 bits per heavy atom. The van der Waals surface area contributed by atoms with E-state index < -0.39 is 18.1 Å². The van der Waals surface area contributed by atoms with Crippen molar-refractivity contribution in [2.45, 2.75) is 57.6 Å². The summed E-state index contributed by atoms with van der Waals surface area (Å²) in [6, 6.07) is 13.7. The third-order valence-corrected chi connectivity index (χ3v) is 9.53. The van der Waals surface area contributed by atoms with Gasteiger partial charge in [0.2, 0.25) is 0 Å². The highest BCUT2D eigenvalue weighted by Crippen LogP contribution is 2.38. The summed E-state index contributed by atoms with van der Waals surface area (Å²) in [6.07, 6.45) is 3.55. The lowest BCUT2D eigenvalue weighted by Crippen LogP contribution is -2.28. The van der Waals surface area contributed by atoms with Crippen LogP contribution in [0.4, 0.5) is 5.69 Å². The van der Waals surface area contributed by atoms with Gasteiger partial charge in [-0.05, 0) is 66.1 Å². The van der Waals surface area contributed by atoms with Crippen LogP contribution in [0, 0.1) is 6.92 Å². The van der Waals surface area contributed by atoms with E-state index in [0.29, 0.717) is 11.4 Å². The number of hydrogen-bond acceptors (Lipinski definition) is 4. The monoisotopic (exact) mass is 483 g/mol. The van der Waals surface area contributed by atoms with Gasteiger partial charge in [-0.25, -0.2) is 12.7 Å². The topological polar surface area (TPSA) is 63.7 Å². The third-order valence-electron chi connectivity index (χ3n) is 5.75. The van der Waals surface area contributed by atoms with Crippen LogP contribution in [0.1, 0.15) is 31.7 Å². The zero-order valence-corrected chi connectivity index (χ0v) is 22.1. The summed E-state index contributed by atoms with van der Waals surface area (Å²) in [5.74, 6) is 0.772. The Balaban J connectivity index is 2.21. The van der Waals surface area contributed by atoms with Gasteiger partial charge in [0.05, 0.1) is 25.8 Å². The molecule has 176 valence electrons. The zero-order valence-electron chi connectivity index (χ0n) is 20.3. The highest BCUT2D eigenvalue weighted by molar-refractivity contribution is 7.93. The molecule has 0 unspecified atom stereocenters. The number of nitrogens with zero attached hydrogens (tertiary/aromatic N) is 1. The lowest BCUT2D eigenvalue weighted by Gasteiger charge is -2.23. The molecule has 0 radical (unpaired) electrons. The van der Waals surface area contributed by atoms with E-state index in [4.69, 9.17) is 4.74 Å². The molecule has 1 aliphatic rings. The Morgan fingerprint density at radius 1 is 1.03 bits per heavy atom. The molecule has 0 atom stereocenters. The van der Waals surface area contributed by atoms with Crippen molar-refractivity contribution in [2.75, 3.05) is 11.4 Å². The van der Waals surface area contributed by atoms with Gasteiger partial charge in [0.1, 0.15) is 5.75 Å². The first-order valence-electron chi connectivity index (χ1n) is 11.2. The standard InChI is InChI=1S/C26H33NO4SSi/c1-7-8-24-20(17-25(28)26(24)33(4,5)6)18-27(21-11-13-22(31-3)14-12-21)32(29,30)23-15-9-19(2)10-16-23/h9-16,18H,7-8,17H2,1-6H3/b20-18+. The fraction of sp³-hybridized carbons (Fsp3) is 0.346. The number of rotatable bonds is 8. The first kappa shape index (κ1) is 25.0. The first-order valence-corrected chi connectivity index (χ1v) is 16.2. The van der Waals surface area contributed by atoms with Crippen LogP contribution in [0.2, 0.25) is 19.6 Å². The SMILES string of the molecule is CCCC1=C([Si](C)(C)C)C(=O)C/C1=C\N(c1ccc(OC)cc1)S(=O)(=O)c1ccc(C)cc1. The number of Topliss-reactive ketones (excluding diaryl/α,β-unsaturated/α-hetero) is 1. The average molecular weight is 484 g/mol. The molecule has 0 heterocycles. The fourth-order valence-electron chi connectivity index (χ4n) is 4.20. The van der Waals surface area contributed by atoms with Gasteiger partial charge in [-0.15, -0.1) is 0 Å². The molecule has 0 fully saturated rings. The first-order chi connectivity index (χ1) is 15.5. The van der Waals surface area contributed by atoms with Gasteiger partial charge in [0.15, 0.2) is 5.78 Å². The van der Waals surface area contributed by atoms with Crippen molar-refractivity contribution in [3.63, 3.8) is 0 Å². The maximum absolute atomic E-state index is 13.8. The zero-order chi connectivity index (χ0) is 24.4. The van der Waals surface area contributed by atoms with Crippen LogP contribution >= 0.6 is 0 Å². The fourth-order valence-corrected chi connectivity index (χ4v) is 7.69. The molecule has 7 heteroatoms. The number of benzene rings is 2. The molecule has 33 heavy (non-hydrogen) atoms. The third kappa shape index (κ3) is 5.30.